The molecule has 2 heterocycles. The Morgan fingerprint density at radius 1 is 1.43 bits per heavy atom. The minimum Gasteiger partial charge on any atom is -0.306 e. The predicted octanol–water partition coefficient (Wildman–Crippen LogP) is 3.60. The maximum Gasteiger partial charge on any atom is 0.101 e. The molecule has 1 N–H and O–H groups in total. The van der Waals surface area contributed by atoms with Crippen molar-refractivity contribution in [2.75, 3.05) is 0 Å². The Labute approximate surface area is 129 Å². The quantitative estimate of drug-likeness (QED) is 0.922. The smallest absolute Gasteiger partial charge is 0.101 e. The van der Waals surface area contributed by atoms with E-state index in [9.17, 15) is 0 Å². The van der Waals surface area contributed by atoms with Crippen molar-refractivity contribution in [1.29, 1.82) is 5.26 Å². The first-order chi connectivity index (χ1) is 10.2. The van der Waals surface area contributed by atoms with Crippen molar-refractivity contribution in [2.24, 2.45) is 0 Å². The summed E-state index contributed by atoms with van der Waals surface area (Å²) in [6, 6.07) is 8.39. The minimum absolute atomic E-state index is 0.311. The zero-order valence-electron chi connectivity index (χ0n) is 11.9. The van der Waals surface area contributed by atoms with Gasteiger partial charge in [0.15, 0.2) is 0 Å². The Hall–Kier alpha value is -1.83. The van der Waals surface area contributed by atoms with E-state index < -0.39 is 0 Å². The fourth-order valence-corrected chi connectivity index (χ4v) is 3.11. The van der Waals surface area contributed by atoms with Crippen LogP contribution < -0.4 is 5.32 Å². The van der Waals surface area contributed by atoms with Crippen molar-refractivity contribution in [1.82, 2.24) is 14.9 Å². The van der Waals surface area contributed by atoms with Crippen LogP contribution in [-0.4, -0.2) is 15.6 Å². The normalized spacial score (nSPS) is 22.0. The molecule has 2 atom stereocenters. The molecule has 0 saturated carbocycles. The molecule has 0 bridgehead atoms. The zero-order valence-corrected chi connectivity index (χ0v) is 12.6. The van der Waals surface area contributed by atoms with Crippen molar-refractivity contribution in [3.8, 4) is 11.8 Å². The first-order valence-corrected chi connectivity index (χ1v) is 7.55. The van der Waals surface area contributed by atoms with E-state index in [1.165, 1.54) is 12.8 Å². The minimum atomic E-state index is 0.311. The second-order valence-corrected chi connectivity index (χ2v) is 5.92. The zero-order chi connectivity index (χ0) is 14.8. The monoisotopic (exact) mass is 300 g/mol. The number of nitriles is 1. The highest BCUT2D eigenvalue weighted by Crippen LogP contribution is 2.28. The summed E-state index contributed by atoms with van der Waals surface area (Å²) in [5.74, 6) is 0. The van der Waals surface area contributed by atoms with Gasteiger partial charge < -0.3 is 9.88 Å². The Morgan fingerprint density at radius 2 is 2.29 bits per heavy atom. The molecule has 21 heavy (non-hydrogen) atoms. The molecule has 2 aromatic rings. The number of nitrogens with one attached hydrogen (secondary N) is 1. The van der Waals surface area contributed by atoms with Crippen molar-refractivity contribution < 1.29 is 0 Å². The van der Waals surface area contributed by atoms with E-state index in [0.29, 0.717) is 22.7 Å². The van der Waals surface area contributed by atoms with Gasteiger partial charge in [0.05, 0.1) is 28.8 Å². The lowest BCUT2D eigenvalue weighted by molar-refractivity contribution is 0.334. The third-order valence-corrected chi connectivity index (χ3v) is 4.30. The average molecular weight is 301 g/mol. The lowest BCUT2D eigenvalue weighted by Gasteiger charge is -2.29. The first kappa shape index (κ1) is 14.1. The summed E-state index contributed by atoms with van der Waals surface area (Å²) in [5.41, 5.74) is 2.57. The summed E-state index contributed by atoms with van der Waals surface area (Å²) in [6.07, 6.45) is 7.25. The van der Waals surface area contributed by atoms with Crippen LogP contribution in [0.25, 0.3) is 5.69 Å². The molecule has 1 aromatic carbocycles. The number of imidazole rings is 1. The summed E-state index contributed by atoms with van der Waals surface area (Å²) in [4.78, 5) is 4.29. The van der Waals surface area contributed by atoms with Crippen LogP contribution in [0.4, 0.5) is 0 Å². The van der Waals surface area contributed by atoms with Gasteiger partial charge in [0.25, 0.3) is 0 Å². The molecule has 4 nitrogen and oxygen atoms in total. The van der Waals surface area contributed by atoms with Crippen LogP contribution in [0.15, 0.2) is 30.7 Å². The van der Waals surface area contributed by atoms with Crippen LogP contribution in [0, 0.1) is 11.3 Å². The van der Waals surface area contributed by atoms with Crippen molar-refractivity contribution in [3.05, 3.63) is 47.0 Å². The first-order valence-electron chi connectivity index (χ1n) is 7.17. The van der Waals surface area contributed by atoms with Crippen molar-refractivity contribution in [3.63, 3.8) is 0 Å². The molecule has 1 aliphatic heterocycles. The van der Waals surface area contributed by atoms with E-state index in [2.05, 4.69) is 23.3 Å². The highest BCUT2D eigenvalue weighted by molar-refractivity contribution is 6.31. The van der Waals surface area contributed by atoms with E-state index >= 15 is 0 Å². The lowest BCUT2D eigenvalue weighted by Crippen LogP contribution is -2.35. The third-order valence-electron chi connectivity index (χ3n) is 3.99. The predicted molar refractivity (Wildman–Crippen MR) is 82.5 cm³/mol. The third kappa shape index (κ3) is 2.80. The number of benzene rings is 1. The summed E-state index contributed by atoms with van der Waals surface area (Å²) in [5, 5.41) is 13.1. The summed E-state index contributed by atoms with van der Waals surface area (Å²) in [6.45, 7) is 2.21. The number of halogens is 1. The molecule has 108 valence electrons. The molecule has 0 radical (unpaired) electrons. The van der Waals surface area contributed by atoms with Crippen LogP contribution in [0.1, 0.15) is 43.5 Å². The Morgan fingerprint density at radius 3 is 3.00 bits per heavy atom. The summed E-state index contributed by atoms with van der Waals surface area (Å²) < 4.78 is 2.04. The number of hydrogen-bond donors (Lipinski definition) is 1. The van der Waals surface area contributed by atoms with Crippen LogP contribution >= 0.6 is 11.6 Å². The van der Waals surface area contributed by atoms with Gasteiger partial charge in [0.2, 0.25) is 0 Å². The second kappa shape index (κ2) is 5.88. The summed E-state index contributed by atoms with van der Waals surface area (Å²) >= 11 is 6.14. The van der Waals surface area contributed by atoms with Gasteiger partial charge in [-0.3, -0.25) is 0 Å². The molecule has 2 unspecified atom stereocenters. The highest BCUT2D eigenvalue weighted by atomic mass is 35.5. The Bertz CT molecular complexity index is 686. The summed E-state index contributed by atoms with van der Waals surface area (Å²) in [7, 11) is 0. The lowest BCUT2D eigenvalue weighted by atomic mass is 9.97. The molecule has 1 saturated heterocycles. The average Bonchev–Trinajstić information content (AvgIpc) is 2.96. The van der Waals surface area contributed by atoms with Gasteiger partial charge in [0, 0.05) is 17.8 Å². The number of rotatable bonds is 2. The van der Waals surface area contributed by atoms with Crippen LogP contribution in [-0.2, 0) is 0 Å². The Balaban J connectivity index is 1.95. The topological polar surface area (TPSA) is 53.6 Å². The van der Waals surface area contributed by atoms with E-state index in [0.717, 1.165) is 17.8 Å². The molecule has 0 amide bonds. The fraction of sp³-hybridized carbons (Fsp3) is 0.375. The van der Waals surface area contributed by atoms with Crippen molar-refractivity contribution >= 4 is 11.6 Å². The molecule has 1 aliphatic rings. The van der Waals surface area contributed by atoms with Gasteiger partial charge in [-0.25, -0.2) is 4.98 Å². The van der Waals surface area contributed by atoms with E-state index in [1.807, 2.05) is 22.9 Å². The number of piperidine rings is 1. The maximum atomic E-state index is 8.96. The molecule has 1 fully saturated rings. The van der Waals surface area contributed by atoms with Crippen molar-refractivity contribution in [2.45, 2.75) is 38.3 Å². The molecule has 0 spiro atoms. The molecular formula is C16H17ClN4. The molecule has 1 aromatic heterocycles. The molecular weight excluding hydrogens is 284 g/mol. The highest BCUT2D eigenvalue weighted by Gasteiger charge is 2.22. The maximum absolute atomic E-state index is 8.96. The van der Waals surface area contributed by atoms with Gasteiger partial charge in [-0.05, 0) is 44.4 Å². The Kier molecular flexibility index (Phi) is 3.96. The molecule has 5 heteroatoms. The van der Waals surface area contributed by atoms with E-state index in [-0.39, 0.29) is 0 Å². The van der Waals surface area contributed by atoms with Gasteiger partial charge >= 0.3 is 0 Å². The number of aromatic nitrogens is 2. The fourth-order valence-electron chi connectivity index (χ4n) is 2.89. The van der Waals surface area contributed by atoms with Crippen LogP contribution in [0.2, 0.25) is 5.02 Å². The standard InChI is InChI=1S/C16H17ClN4/c1-11-3-2-4-15(20-11)16-9-19-10-21(16)13-6-5-12(8-18)14(17)7-13/h5-7,9-11,15,20H,2-4H2,1H3. The number of hydrogen-bond acceptors (Lipinski definition) is 3. The van der Waals surface area contributed by atoms with E-state index in [4.69, 9.17) is 16.9 Å². The van der Waals surface area contributed by atoms with Gasteiger partial charge in [0.1, 0.15) is 6.07 Å². The van der Waals surface area contributed by atoms with E-state index in [1.54, 1.807) is 12.4 Å². The van der Waals surface area contributed by atoms with Gasteiger partial charge in [-0.1, -0.05) is 11.6 Å². The second-order valence-electron chi connectivity index (χ2n) is 5.52. The van der Waals surface area contributed by atoms with Crippen LogP contribution in [0.5, 0.6) is 0 Å². The number of nitrogens with zero attached hydrogens (tertiary/aromatic N) is 3. The SMILES string of the molecule is CC1CCCC(c2cncn2-c2ccc(C#N)c(Cl)c2)N1. The largest absolute Gasteiger partial charge is 0.306 e. The van der Waals surface area contributed by atoms with Gasteiger partial charge in [-0.2, -0.15) is 5.26 Å². The van der Waals surface area contributed by atoms with Crippen LogP contribution in [0.3, 0.4) is 0 Å². The van der Waals surface area contributed by atoms with Gasteiger partial charge in [-0.15, -0.1) is 0 Å². The molecule has 0 aliphatic carbocycles. The molecule has 3 rings (SSSR count).